The van der Waals surface area contributed by atoms with Gasteiger partial charge in [-0.3, -0.25) is 4.98 Å². The molecular weight excluding hydrogens is 366 g/mol. The van der Waals surface area contributed by atoms with Gasteiger partial charge in [-0.1, -0.05) is 5.16 Å². The second-order valence-corrected chi connectivity index (χ2v) is 6.68. The summed E-state index contributed by atoms with van der Waals surface area (Å²) in [7, 11) is 1.65. The van der Waals surface area contributed by atoms with E-state index < -0.39 is 0 Å². The van der Waals surface area contributed by atoms with E-state index in [0.29, 0.717) is 17.4 Å². The standard InChI is InChI=1S/C22H17N5O2/c1-13-9-15(3-4-19(13)28-2)21-26-22(29-27-21)18-11-14(5-7-23-18)17-10-16-6-8-24-20(16)25-12-17/h3-12H,1-2H3,(H,24,25). The molecule has 0 radical (unpaired) electrons. The van der Waals surface area contributed by atoms with Crippen LogP contribution in [0.25, 0.3) is 45.1 Å². The van der Waals surface area contributed by atoms with Crippen molar-refractivity contribution in [3.63, 3.8) is 0 Å². The van der Waals surface area contributed by atoms with Crippen molar-refractivity contribution >= 4 is 11.0 Å². The maximum absolute atomic E-state index is 5.47. The van der Waals surface area contributed by atoms with Gasteiger partial charge in [0.15, 0.2) is 0 Å². The van der Waals surface area contributed by atoms with E-state index in [1.54, 1.807) is 13.3 Å². The second kappa shape index (κ2) is 6.87. The number of aromatic amines is 1. The minimum atomic E-state index is 0.367. The number of aryl methyl sites for hydroxylation is 1. The number of benzene rings is 1. The normalized spacial score (nSPS) is 11.1. The lowest BCUT2D eigenvalue weighted by atomic mass is 10.1. The average molecular weight is 383 g/mol. The van der Waals surface area contributed by atoms with Crippen LogP contribution in [0.4, 0.5) is 0 Å². The van der Waals surface area contributed by atoms with Gasteiger partial charge in [0.1, 0.15) is 17.1 Å². The summed E-state index contributed by atoms with van der Waals surface area (Å²) in [5.41, 5.74) is 5.30. The third kappa shape index (κ3) is 3.12. The van der Waals surface area contributed by atoms with Crippen molar-refractivity contribution in [2.75, 3.05) is 7.11 Å². The lowest BCUT2D eigenvalue weighted by Crippen LogP contribution is -1.89. The molecule has 29 heavy (non-hydrogen) atoms. The van der Waals surface area contributed by atoms with Crippen molar-refractivity contribution in [3.8, 4) is 39.8 Å². The number of H-pyrrole nitrogens is 1. The lowest BCUT2D eigenvalue weighted by molar-refractivity contribution is 0.411. The highest BCUT2D eigenvalue weighted by molar-refractivity contribution is 5.81. The van der Waals surface area contributed by atoms with Gasteiger partial charge in [-0.2, -0.15) is 4.98 Å². The Hall–Kier alpha value is -4.00. The van der Waals surface area contributed by atoms with Gasteiger partial charge in [-0.25, -0.2) is 4.98 Å². The van der Waals surface area contributed by atoms with Crippen molar-refractivity contribution in [3.05, 3.63) is 66.6 Å². The molecule has 1 N–H and O–H groups in total. The molecule has 0 saturated carbocycles. The highest BCUT2D eigenvalue weighted by atomic mass is 16.5. The van der Waals surface area contributed by atoms with E-state index in [0.717, 1.165) is 39.0 Å². The number of ether oxygens (including phenoxy) is 1. The average Bonchev–Trinajstić information content (AvgIpc) is 3.43. The van der Waals surface area contributed by atoms with Crippen molar-refractivity contribution < 1.29 is 9.26 Å². The SMILES string of the molecule is COc1ccc(-c2noc(-c3cc(-c4cnc5[nH]ccc5c4)ccn3)n2)cc1C. The monoisotopic (exact) mass is 383 g/mol. The Morgan fingerprint density at radius 1 is 0.966 bits per heavy atom. The Morgan fingerprint density at radius 3 is 2.76 bits per heavy atom. The lowest BCUT2D eigenvalue weighted by Gasteiger charge is -2.04. The number of pyridine rings is 2. The van der Waals surface area contributed by atoms with Crippen molar-refractivity contribution in [2.24, 2.45) is 0 Å². The highest BCUT2D eigenvalue weighted by Crippen LogP contribution is 2.28. The Kier molecular flexibility index (Phi) is 4.05. The molecule has 4 aromatic heterocycles. The van der Waals surface area contributed by atoms with E-state index in [1.165, 1.54) is 0 Å². The first-order valence-corrected chi connectivity index (χ1v) is 9.10. The maximum Gasteiger partial charge on any atom is 0.276 e. The molecule has 0 aliphatic carbocycles. The number of nitrogens with one attached hydrogen (secondary N) is 1. The first-order chi connectivity index (χ1) is 14.2. The van der Waals surface area contributed by atoms with Gasteiger partial charge in [0, 0.05) is 35.1 Å². The number of methoxy groups -OCH3 is 1. The van der Waals surface area contributed by atoms with Crippen LogP contribution in [-0.4, -0.2) is 32.2 Å². The fourth-order valence-electron chi connectivity index (χ4n) is 3.29. The van der Waals surface area contributed by atoms with Crippen LogP contribution in [-0.2, 0) is 0 Å². The molecule has 1 aromatic carbocycles. The fraction of sp³-hybridized carbons (Fsp3) is 0.0909. The van der Waals surface area contributed by atoms with Crippen LogP contribution < -0.4 is 4.74 Å². The summed E-state index contributed by atoms with van der Waals surface area (Å²) in [6, 6.07) is 13.7. The van der Waals surface area contributed by atoms with Crippen LogP contribution in [0.1, 0.15) is 5.56 Å². The van der Waals surface area contributed by atoms with Gasteiger partial charge >= 0.3 is 0 Å². The molecule has 0 aliphatic rings. The topological polar surface area (TPSA) is 89.7 Å². The van der Waals surface area contributed by atoms with Crippen LogP contribution in [0.3, 0.4) is 0 Å². The van der Waals surface area contributed by atoms with E-state index >= 15 is 0 Å². The molecule has 0 bridgehead atoms. The summed E-state index contributed by atoms with van der Waals surface area (Å²) >= 11 is 0. The smallest absolute Gasteiger partial charge is 0.276 e. The summed E-state index contributed by atoms with van der Waals surface area (Å²) < 4.78 is 10.8. The molecular formula is C22H17N5O2. The molecule has 0 unspecified atom stereocenters. The zero-order valence-electron chi connectivity index (χ0n) is 15.9. The van der Waals surface area contributed by atoms with Crippen LogP contribution in [0.15, 0.2) is 65.6 Å². The van der Waals surface area contributed by atoms with Crippen molar-refractivity contribution in [2.45, 2.75) is 6.92 Å². The Balaban J connectivity index is 1.49. The zero-order valence-corrected chi connectivity index (χ0v) is 15.9. The van der Waals surface area contributed by atoms with E-state index in [1.807, 2.05) is 55.7 Å². The van der Waals surface area contributed by atoms with Gasteiger partial charge in [-0.15, -0.1) is 0 Å². The third-order valence-corrected chi connectivity index (χ3v) is 4.79. The van der Waals surface area contributed by atoms with Crippen LogP contribution in [0, 0.1) is 6.92 Å². The molecule has 0 spiro atoms. The number of aromatic nitrogens is 5. The zero-order chi connectivity index (χ0) is 19.8. The summed E-state index contributed by atoms with van der Waals surface area (Å²) in [6.07, 6.45) is 5.44. The van der Waals surface area contributed by atoms with E-state index in [-0.39, 0.29) is 0 Å². The Morgan fingerprint density at radius 2 is 1.90 bits per heavy atom. The predicted octanol–water partition coefficient (Wildman–Crippen LogP) is 4.66. The third-order valence-electron chi connectivity index (χ3n) is 4.79. The summed E-state index contributed by atoms with van der Waals surface area (Å²) in [5.74, 6) is 1.69. The number of hydrogen-bond acceptors (Lipinski definition) is 6. The van der Waals surface area contributed by atoms with E-state index in [2.05, 4.69) is 31.2 Å². The minimum Gasteiger partial charge on any atom is -0.496 e. The number of fused-ring (bicyclic) bond motifs is 1. The van der Waals surface area contributed by atoms with Crippen LogP contribution >= 0.6 is 0 Å². The largest absolute Gasteiger partial charge is 0.496 e. The highest BCUT2D eigenvalue weighted by Gasteiger charge is 2.14. The molecule has 0 atom stereocenters. The van der Waals surface area contributed by atoms with Crippen molar-refractivity contribution in [1.82, 2.24) is 25.1 Å². The molecule has 5 aromatic rings. The van der Waals surface area contributed by atoms with Gasteiger partial charge in [0.05, 0.1) is 7.11 Å². The number of hydrogen-bond donors (Lipinski definition) is 1. The van der Waals surface area contributed by atoms with Crippen molar-refractivity contribution in [1.29, 1.82) is 0 Å². The summed E-state index contributed by atoms with van der Waals surface area (Å²) in [5, 5.41) is 5.16. The van der Waals surface area contributed by atoms with Gasteiger partial charge in [0.2, 0.25) is 5.82 Å². The quantitative estimate of drug-likeness (QED) is 0.485. The van der Waals surface area contributed by atoms with Gasteiger partial charge in [-0.05, 0) is 60.5 Å². The molecule has 0 amide bonds. The predicted molar refractivity (Wildman–Crippen MR) is 109 cm³/mol. The molecule has 0 fully saturated rings. The summed E-state index contributed by atoms with van der Waals surface area (Å²) in [4.78, 5) is 16.5. The molecule has 7 heteroatoms. The molecule has 0 aliphatic heterocycles. The van der Waals surface area contributed by atoms with E-state index in [4.69, 9.17) is 9.26 Å². The minimum absolute atomic E-state index is 0.367. The first kappa shape index (κ1) is 17.1. The second-order valence-electron chi connectivity index (χ2n) is 6.68. The first-order valence-electron chi connectivity index (χ1n) is 9.10. The number of rotatable bonds is 4. The maximum atomic E-state index is 5.47. The van der Waals surface area contributed by atoms with E-state index in [9.17, 15) is 0 Å². The molecule has 0 saturated heterocycles. The van der Waals surface area contributed by atoms with Crippen LogP contribution in [0.2, 0.25) is 0 Å². The van der Waals surface area contributed by atoms with Crippen LogP contribution in [0.5, 0.6) is 5.75 Å². The van der Waals surface area contributed by atoms with Gasteiger partial charge < -0.3 is 14.2 Å². The molecule has 5 rings (SSSR count). The summed E-state index contributed by atoms with van der Waals surface area (Å²) in [6.45, 7) is 1.98. The fourth-order valence-corrected chi connectivity index (χ4v) is 3.29. The Bertz CT molecular complexity index is 1320. The molecule has 142 valence electrons. The Labute approximate surface area is 166 Å². The molecule has 4 heterocycles. The molecule has 7 nitrogen and oxygen atoms in total. The number of nitrogens with zero attached hydrogens (tertiary/aromatic N) is 4. The van der Waals surface area contributed by atoms with Gasteiger partial charge in [0.25, 0.3) is 5.89 Å².